The average Bonchev–Trinajstić information content (AvgIpc) is 2.65. The van der Waals surface area contributed by atoms with Crippen LogP contribution in [-0.4, -0.2) is 31.4 Å². The largest absolute Gasteiger partial charge is 0.465 e. The van der Waals surface area contributed by atoms with Crippen molar-refractivity contribution in [3.05, 3.63) is 70.8 Å². The minimum absolute atomic E-state index is 0.0669. The second-order valence-electron chi connectivity index (χ2n) is 5.81. The number of hydrogen-bond acceptors (Lipinski definition) is 5. The predicted molar refractivity (Wildman–Crippen MR) is 92.9 cm³/mol. The first-order valence-electron chi connectivity index (χ1n) is 7.91. The monoisotopic (exact) mass is 340 g/mol. The van der Waals surface area contributed by atoms with Gasteiger partial charge < -0.3 is 9.47 Å². The maximum absolute atomic E-state index is 12.2. The Morgan fingerprint density at radius 1 is 0.880 bits per heavy atom. The molecule has 0 heterocycles. The molecule has 25 heavy (non-hydrogen) atoms. The first-order chi connectivity index (χ1) is 11.9. The predicted octanol–water partition coefficient (Wildman–Crippen LogP) is 3.64. The molecular formula is C20H20O5. The van der Waals surface area contributed by atoms with Gasteiger partial charge in [-0.2, -0.15) is 0 Å². The fourth-order valence-electron chi connectivity index (χ4n) is 2.30. The highest BCUT2D eigenvalue weighted by molar-refractivity contribution is 6.04. The van der Waals surface area contributed by atoms with Crippen molar-refractivity contribution in [2.24, 2.45) is 0 Å². The molecule has 130 valence electrons. The van der Waals surface area contributed by atoms with Crippen LogP contribution in [0.3, 0.4) is 0 Å². The Bertz CT molecular complexity index is 775. The number of ketones is 1. The molecule has 0 aliphatic heterocycles. The standard InChI is InChI=1S/C20H20O5/c1-13(2)14-8-10-15(11-9-14)18(21)12-25-20(23)17-7-5-4-6-16(17)19(22)24-3/h4-11,13H,12H2,1-3H3. The molecule has 0 atom stereocenters. The summed E-state index contributed by atoms with van der Waals surface area (Å²) in [6.07, 6.45) is 0. The average molecular weight is 340 g/mol. The van der Waals surface area contributed by atoms with Gasteiger partial charge in [-0.15, -0.1) is 0 Å². The number of rotatable bonds is 6. The Kier molecular flexibility index (Phi) is 6.06. The molecular weight excluding hydrogens is 320 g/mol. The highest BCUT2D eigenvalue weighted by Crippen LogP contribution is 2.16. The lowest BCUT2D eigenvalue weighted by atomic mass is 10.0. The third-order valence-electron chi connectivity index (χ3n) is 3.79. The second kappa shape index (κ2) is 8.24. The zero-order valence-electron chi connectivity index (χ0n) is 14.4. The van der Waals surface area contributed by atoms with Crippen LogP contribution in [0.4, 0.5) is 0 Å². The summed E-state index contributed by atoms with van der Waals surface area (Å²) in [6, 6.07) is 13.3. The number of carbonyl (C=O) groups excluding carboxylic acids is 3. The van der Waals surface area contributed by atoms with Gasteiger partial charge in [-0.3, -0.25) is 4.79 Å². The van der Waals surface area contributed by atoms with Crippen molar-refractivity contribution in [2.75, 3.05) is 13.7 Å². The first kappa shape index (κ1) is 18.4. The van der Waals surface area contributed by atoms with Crippen LogP contribution < -0.4 is 0 Å². The SMILES string of the molecule is COC(=O)c1ccccc1C(=O)OCC(=O)c1ccc(C(C)C)cc1. The van der Waals surface area contributed by atoms with Gasteiger partial charge >= 0.3 is 11.9 Å². The molecule has 0 saturated carbocycles. The van der Waals surface area contributed by atoms with Crippen molar-refractivity contribution in [3.8, 4) is 0 Å². The van der Waals surface area contributed by atoms with E-state index in [0.29, 0.717) is 11.5 Å². The summed E-state index contributed by atoms with van der Waals surface area (Å²) in [5.41, 5.74) is 1.76. The zero-order valence-corrected chi connectivity index (χ0v) is 14.4. The van der Waals surface area contributed by atoms with Crippen molar-refractivity contribution in [2.45, 2.75) is 19.8 Å². The summed E-state index contributed by atoms with van der Waals surface area (Å²) in [5.74, 6) is -1.31. The van der Waals surface area contributed by atoms with Crippen LogP contribution in [0.5, 0.6) is 0 Å². The molecule has 0 bridgehead atoms. The number of methoxy groups -OCH3 is 1. The smallest absolute Gasteiger partial charge is 0.339 e. The molecule has 0 fully saturated rings. The van der Waals surface area contributed by atoms with Crippen molar-refractivity contribution in [3.63, 3.8) is 0 Å². The Morgan fingerprint density at radius 2 is 1.44 bits per heavy atom. The summed E-state index contributed by atoms with van der Waals surface area (Å²) < 4.78 is 9.70. The van der Waals surface area contributed by atoms with Gasteiger partial charge in [0, 0.05) is 5.56 Å². The zero-order chi connectivity index (χ0) is 18.4. The minimum atomic E-state index is -0.742. The normalized spacial score (nSPS) is 10.4. The Hall–Kier alpha value is -2.95. The molecule has 2 aromatic rings. The second-order valence-corrected chi connectivity index (χ2v) is 5.81. The van der Waals surface area contributed by atoms with Crippen molar-refractivity contribution in [1.82, 2.24) is 0 Å². The maximum atomic E-state index is 12.2. The highest BCUT2D eigenvalue weighted by atomic mass is 16.5. The van der Waals surface area contributed by atoms with E-state index in [1.165, 1.54) is 19.2 Å². The number of esters is 2. The lowest BCUT2D eigenvalue weighted by molar-refractivity contribution is 0.0463. The van der Waals surface area contributed by atoms with Gasteiger partial charge in [0.1, 0.15) is 0 Å². The highest BCUT2D eigenvalue weighted by Gasteiger charge is 2.19. The van der Waals surface area contributed by atoms with Crippen molar-refractivity contribution < 1.29 is 23.9 Å². The van der Waals surface area contributed by atoms with Crippen LogP contribution in [0.15, 0.2) is 48.5 Å². The fraction of sp³-hybridized carbons (Fsp3) is 0.250. The third kappa shape index (κ3) is 4.53. The fourth-order valence-corrected chi connectivity index (χ4v) is 2.30. The van der Waals surface area contributed by atoms with Gasteiger partial charge in [0.2, 0.25) is 0 Å². The number of benzene rings is 2. The minimum Gasteiger partial charge on any atom is -0.465 e. The molecule has 0 N–H and O–H groups in total. The van der Waals surface area contributed by atoms with Crippen LogP contribution in [0, 0.1) is 0 Å². The molecule has 0 saturated heterocycles. The van der Waals surface area contributed by atoms with E-state index in [2.05, 4.69) is 18.6 Å². The molecule has 0 radical (unpaired) electrons. The molecule has 0 unspecified atom stereocenters. The molecule has 0 aliphatic rings. The van der Waals surface area contributed by atoms with Gasteiger partial charge in [-0.05, 0) is 23.6 Å². The Balaban J connectivity index is 2.05. The van der Waals surface area contributed by atoms with Gasteiger partial charge in [0.15, 0.2) is 12.4 Å². The lowest BCUT2D eigenvalue weighted by Crippen LogP contribution is -2.17. The Morgan fingerprint density at radius 3 is 1.96 bits per heavy atom. The van der Waals surface area contributed by atoms with E-state index in [0.717, 1.165) is 5.56 Å². The van der Waals surface area contributed by atoms with Crippen LogP contribution in [0.25, 0.3) is 0 Å². The van der Waals surface area contributed by atoms with E-state index in [1.807, 2.05) is 12.1 Å². The first-order valence-corrected chi connectivity index (χ1v) is 7.91. The topological polar surface area (TPSA) is 69.7 Å². The van der Waals surface area contributed by atoms with Gasteiger partial charge in [-0.1, -0.05) is 50.2 Å². The quantitative estimate of drug-likeness (QED) is 0.593. The molecule has 5 nitrogen and oxygen atoms in total. The molecule has 0 amide bonds. The van der Waals surface area contributed by atoms with Crippen molar-refractivity contribution in [1.29, 1.82) is 0 Å². The summed E-state index contributed by atoms with van der Waals surface area (Å²) >= 11 is 0. The number of carbonyl (C=O) groups is 3. The van der Waals surface area contributed by atoms with Gasteiger partial charge in [0.05, 0.1) is 18.2 Å². The molecule has 5 heteroatoms. The summed E-state index contributed by atoms with van der Waals surface area (Å²) in [5, 5.41) is 0. The molecule has 2 rings (SSSR count). The van der Waals surface area contributed by atoms with Crippen LogP contribution in [0.1, 0.15) is 56.4 Å². The van der Waals surface area contributed by atoms with E-state index in [-0.39, 0.29) is 16.9 Å². The molecule has 0 aromatic heterocycles. The summed E-state index contributed by atoms with van der Waals surface area (Å²) in [4.78, 5) is 36.0. The lowest BCUT2D eigenvalue weighted by Gasteiger charge is -2.09. The summed E-state index contributed by atoms with van der Waals surface area (Å²) in [6.45, 7) is 3.74. The van der Waals surface area contributed by atoms with Crippen LogP contribution >= 0.6 is 0 Å². The Labute approximate surface area is 146 Å². The molecule has 2 aromatic carbocycles. The van der Waals surface area contributed by atoms with Gasteiger partial charge in [-0.25, -0.2) is 9.59 Å². The number of ether oxygens (including phenoxy) is 2. The molecule has 0 aliphatic carbocycles. The van der Waals surface area contributed by atoms with Crippen LogP contribution in [0.2, 0.25) is 0 Å². The van der Waals surface area contributed by atoms with E-state index >= 15 is 0 Å². The van der Waals surface area contributed by atoms with E-state index in [1.54, 1.807) is 24.3 Å². The van der Waals surface area contributed by atoms with E-state index in [9.17, 15) is 14.4 Å². The number of hydrogen-bond donors (Lipinski definition) is 0. The van der Waals surface area contributed by atoms with Crippen LogP contribution in [-0.2, 0) is 9.47 Å². The maximum Gasteiger partial charge on any atom is 0.339 e. The van der Waals surface area contributed by atoms with Crippen molar-refractivity contribution >= 4 is 17.7 Å². The van der Waals surface area contributed by atoms with E-state index < -0.39 is 18.5 Å². The van der Waals surface area contributed by atoms with E-state index in [4.69, 9.17) is 4.74 Å². The molecule has 0 spiro atoms. The van der Waals surface area contributed by atoms with Gasteiger partial charge in [0.25, 0.3) is 0 Å². The third-order valence-corrected chi connectivity index (χ3v) is 3.79. The summed E-state index contributed by atoms with van der Waals surface area (Å²) in [7, 11) is 1.23. The number of Topliss-reactive ketones (excluding diaryl/α,β-unsaturated/α-hetero) is 1.